The number of hydrogen-bond donors (Lipinski definition) is 1. The monoisotopic (exact) mass is 390 g/mol. The average molecular weight is 390 g/mol. The van der Waals surface area contributed by atoms with Crippen LogP contribution in [-0.4, -0.2) is 37.9 Å². The van der Waals surface area contributed by atoms with Gasteiger partial charge in [-0.25, -0.2) is 13.4 Å². The highest BCUT2D eigenvalue weighted by atomic mass is 32.2. The van der Waals surface area contributed by atoms with Gasteiger partial charge in [0.2, 0.25) is 0 Å². The van der Waals surface area contributed by atoms with Gasteiger partial charge in [-0.3, -0.25) is 0 Å². The van der Waals surface area contributed by atoms with Crippen LogP contribution in [0.5, 0.6) is 0 Å². The van der Waals surface area contributed by atoms with Gasteiger partial charge in [0, 0.05) is 31.7 Å². The molecule has 2 aromatic carbocycles. The van der Waals surface area contributed by atoms with Gasteiger partial charge in [-0.1, -0.05) is 0 Å². The van der Waals surface area contributed by atoms with E-state index in [0.29, 0.717) is 13.6 Å². The molecule has 26 heavy (non-hydrogen) atoms. The first kappa shape index (κ1) is 18.7. The van der Waals surface area contributed by atoms with Gasteiger partial charge in [0.25, 0.3) is 0 Å². The third-order valence-electron chi connectivity index (χ3n) is 4.41. The fraction of sp³-hybridized carbons (Fsp3) is 0.278. The molecule has 0 aliphatic carbocycles. The summed E-state index contributed by atoms with van der Waals surface area (Å²) < 4.78 is 27.6. The van der Waals surface area contributed by atoms with Crippen LogP contribution >= 0.6 is 8.73 Å². The minimum Gasteiger partial charge on any atom is -0.355 e. The maximum absolute atomic E-state index is 11.7. The first-order chi connectivity index (χ1) is 12.2. The number of rotatable bonds is 5. The Bertz CT molecular complexity index is 1080. The Morgan fingerprint density at radius 1 is 1.23 bits per heavy atom. The predicted octanol–water partition coefficient (Wildman–Crippen LogP) is 3.69. The molecule has 8 heteroatoms. The third-order valence-corrected chi connectivity index (χ3v) is 6.43. The molecule has 0 radical (unpaired) electrons. The summed E-state index contributed by atoms with van der Waals surface area (Å²) in [5.41, 5.74) is 5.78. The van der Waals surface area contributed by atoms with E-state index in [1.165, 1.54) is 6.26 Å². The fourth-order valence-corrected chi connectivity index (χ4v) is 3.94. The number of benzene rings is 2. The number of nitrogens with zero attached hydrogens (tertiary/aromatic N) is 3. The molecule has 0 amide bonds. The number of anilines is 3. The highest BCUT2D eigenvalue weighted by Gasteiger charge is 2.13. The number of nitrogens with one attached hydrogen (secondary N) is 1. The van der Waals surface area contributed by atoms with E-state index >= 15 is 0 Å². The van der Waals surface area contributed by atoms with Crippen molar-refractivity contribution in [2.24, 2.45) is 7.05 Å². The molecule has 0 spiro atoms. The highest BCUT2D eigenvalue weighted by molar-refractivity contribution is 7.90. The first-order valence-corrected chi connectivity index (χ1v) is 11.5. The van der Waals surface area contributed by atoms with Gasteiger partial charge in [0.1, 0.15) is 5.52 Å². The maximum Gasteiger partial charge on any atom is 0.175 e. The van der Waals surface area contributed by atoms with E-state index < -0.39 is 9.84 Å². The van der Waals surface area contributed by atoms with Crippen molar-refractivity contribution in [3.8, 4) is 0 Å². The molecule has 0 saturated carbocycles. The van der Waals surface area contributed by atoms with Crippen LogP contribution in [0.15, 0.2) is 41.6 Å². The summed E-state index contributed by atoms with van der Waals surface area (Å²) in [6, 6.07) is 9.27. The van der Waals surface area contributed by atoms with Crippen LogP contribution < -0.4 is 9.99 Å². The molecule has 3 aromatic rings. The van der Waals surface area contributed by atoms with Crippen molar-refractivity contribution in [1.29, 1.82) is 0 Å². The molecule has 0 aliphatic heterocycles. The number of aromatic nitrogens is 2. The van der Waals surface area contributed by atoms with Crippen LogP contribution in [0.4, 0.5) is 17.1 Å². The van der Waals surface area contributed by atoms with Gasteiger partial charge in [0.15, 0.2) is 9.84 Å². The SMILES string of the molecule is CPN(C)c1cc(Nc2ccc(S(C)(=O)=O)cc2C)cc2c1ncn2C. The summed E-state index contributed by atoms with van der Waals surface area (Å²) in [4.78, 5) is 4.85. The van der Waals surface area contributed by atoms with Gasteiger partial charge < -0.3 is 14.6 Å². The van der Waals surface area contributed by atoms with E-state index in [2.05, 4.69) is 40.8 Å². The van der Waals surface area contributed by atoms with Crippen LogP contribution in [0.3, 0.4) is 0 Å². The molecule has 1 atom stereocenters. The smallest absolute Gasteiger partial charge is 0.175 e. The number of hydrogen-bond acceptors (Lipinski definition) is 5. The zero-order valence-electron chi connectivity index (χ0n) is 15.5. The van der Waals surface area contributed by atoms with E-state index in [1.807, 2.05) is 30.9 Å². The zero-order valence-corrected chi connectivity index (χ0v) is 17.3. The lowest BCUT2D eigenvalue weighted by molar-refractivity contribution is 0.602. The highest BCUT2D eigenvalue weighted by Crippen LogP contribution is 2.35. The van der Waals surface area contributed by atoms with E-state index in [-0.39, 0.29) is 0 Å². The quantitative estimate of drug-likeness (QED) is 0.673. The van der Waals surface area contributed by atoms with Crippen LogP contribution in [0.2, 0.25) is 0 Å². The average Bonchev–Trinajstić information content (AvgIpc) is 2.95. The largest absolute Gasteiger partial charge is 0.355 e. The van der Waals surface area contributed by atoms with Crippen molar-refractivity contribution < 1.29 is 8.42 Å². The molecule has 1 heterocycles. The number of imidazole rings is 1. The summed E-state index contributed by atoms with van der Waals surface area (Å²) in [7, 11) is 1.45. The minimum absolute atomic E-state index is 0.329. The molecule has 1 unspecified atom stereocenters. The fourth-order valence-electron chi connectivity index (χ4n) is 2.82. The lowest BCUT2D eigenvalue weighted by Gasteiger charge is -2.19. The molecule has 0 fully saturated rings. The molecule has 6 nitrogen and oxygen atoms in total. The van der Waals surface area contributed by atoms with Gasteiger partial charge >= 0.3 is 0 Å². The number of sulfone groups is 1. The van der Waals surface area contributed by atoms with E-state index in [9.17, 15) is 8.42 Å². The van der Waals surface area contributed by atoms with Crippen molar-refractivity contribution in [3.63, 3.8) is 0 Å². The molecule has 0 bridgehead atoms. The van der Waals surface area contributed by atoms with Crippen molar-refractivity contribution >= 4 is 46.7 Å². The Kier molecular flexibility index (Phi) is 4.95. The molecule has 3 rings (SSSR count). The second kappa shape index (κ2) is 6.89. The predicted molar refractivity (Wildman–Crippen MR) is 111 cm³/mol. The van der Waals surface area contributed by atoms with Crippen molar-refractivity contribution in [1.82, 2.24) is 9.55 Å². The summed E-state index contributed by atoms with van der Waals surface area (Å²) in [6.45, 7) is 4.03. The van der Waals surface area contributed by atoms with Crippen molar-refractivity contribution in [3.05, 3.63) is 42.2 Å². The summed E-state index contributed by atoms with van der Waals surface area (Å²) in [5, 5.41) is 3.42. The second-order valence-corrected chi connectivity index (χ2v) is 9.51. The molecule has 1 N–H and O–H groups in total. The second-order valence-electron chi connectivity index (χ2n) is 6.38. The molecule has 0 saturated heterocycles. The van der Waals surface area contributed by atoms with Crippen molar-refractivity contribution in [2.75, 3.05) is 30.0 Å². The lowest BCUT2D eigenvalue weighted by Crippen LogP contribution is -2.05. The van der Waals surface area contributed by atoms with Crippen molar-refractivity contribution in [2.45, 2.75) is 11.8 Å². The van der Waals surface area contributed by atoms with Gasteiger partial charge in [-0.2, -0.15) is 0 Å². The van der Waals surface area contributed by atoms with Crippen LogP contribution in [-0.2, 0) is 16.9 Å². The Morgan fingerprint density at radius 2 is 1.96 bits per heavy atom. The lowest BCUT2D eigenvalue weighted by atomic mass is 10.1. The molecule has 0 aliphatic rings. The Hall–Kier alpha value is -2.11. The Morgan fingerprint density at radius 3 is 2.58 bits per heavy atom. The normalized spacial score (nSPS) is 12.2. The third kappa shape index (κ3) is 3.55. The summed E-state index contributed by atoms with van der Waals surface area (Å²) >= 11 is 0. The van der Waals surface area contributed by atoms with E-state index in [0.717, 1.165) is 33.7 Å². The molecule has 1 aromatic heterocycles. The van der Waals surface area contributed by atoms with Gasteiger partial charge in [-0.05, 0) is 58.2 Å². The van der Waals surface area contributed by atoms with Gasteiger partial charge in [-0.15, -0.1) is 0 Å². The van der Waals surface area contributed by atoms with Crippen LogP contribution in [0, 0.1) is 6.92 Å². The van der Waals surface area contributed by atoms with Crippen LogP contribution in [0.1, 0.15) is 5.56 Å². The Balaban J connectivity index is 2.05. The topological polar surface area (TPSA) is 67.2 Å². The zero-order chi connectivity index (χ0) is 19.1. The first-order valence-electron chi connectivity index (χ1n) is 8.14. The molecule has 138 valence electrons. The van der Waals surface area contributed by atoms with E-state index in [1.54, 1.807) is 12.1 Å². The summed E-state index contributed by atoms with van der Waals surface area (Å²) in [6.07, 6.45) is 3.04. The van der Waals surface area contributed by atoms with Crippen LogP contribution in [0.25, 0.3) is 11.0 Å². The Labute approximate surface area is 156 Å². The number of fused-ring (bicyclic) bond motifs is 1. The number of aryl methyl sites for hydroxylation is 2. The van der Waals surface area contributed by atoms with Gasteiger partial charge in [0.05, 0.1) is 22.4 Å². The minimum atomic E-state index is -3.21. The molecular formula is C18H23N4O2PS. The standard InChI is InChI=1S/C18H23N4O2PS/c1-12-8-14(26(5,23)24)6-7-15(12)20-13-9-16-18(19-11-21(16)2)17(10-13)22(3)25-4/h6-11,20,25H,1-5H3. The van der Waals surface area contributed by atoms with E-state index in [4.69, 9.17) is 0 Å². The molecular weight excluding hydrogens is 367 g/mol. The maximum atomic E-state index is 11.7. The summed E-state index contributed by atoms with van der Waals surface area (Å²) in [5.74, 6) is 0.